The lowest BCUT2D eigenvalue weighted by molar-refractivity contribution is -0.122. The highest BCUT2D eigenvalue weighted by Gasteiger charge is 2.38. The number of aryl methyl sites for hydroxylation is 1. The molecule has 1 fully saturated rings. The zero-order chi connectivity index (χ0) is 25.1. The van der Waals surface area contributed by atoms with Crippen molar-refractivity contribution in [1.82, 2.24) is 25.7 Å². The van der Waals surface area contributed by atoms with E-state index in [1.54, 1.807) is 0 Å². The van der Waals surface area contributed by atoms with Crippen LogP contribution in [0.4, 0.5) is 0 Å². The van der Waals surface area contributed by atoms with E-state index in [1.807, 2.05) is 6.07 Å². The topological polar surface area (TPSA) is 100 Å². The molecule has 1 aromatic heterocycles. The number of carbonyl (C=O) groups excluding carboxylic acids is 2. The molecule has 1 saturated carbocycles. The quantitative estimate of drug-likeness (QED) is 0.446. The average molecular weight is 484 g/mol. The molecule has 0 bridgehead atoms. The highest BCUT2D eigenvalue weighted by molar-refractivity contribution is 5.76. The zero-order valence-electron chi connectivity index (χ0n) is 21.5. The van der Waals surface area contributed by atoms with Gasteiger partial charge in [-0.15, -0.1) is 0 Å². The Morgan fingerprint density at radius 1 is 1.09 bits per heavy atom. The minimum Gasteiger partial charge on any atom is -0.355 e. The zero-order valence-corrected chi connectivity index (χ0v) is 21.5. The smallest absolute Gasteiger partial charge is 0.227 e. The fraction of sp³-hybridized carbons (Fsp3) is 0.630. The first kappa shape index (κ1) is 26.9. The number of aromatic nitrogens is 2. The third kappa shape index (κ3) is 7.88. The van der Waals surface area contributed by atoms with Crippen molar-refractivity contribution < 1.29 is 14.1 Å². The Hall–Kier alpha value is -2.74. The van der Waals surface area contributed by atoms with Gasteiger partial charge in [-0.05, 0) is 37.9 Å². The molecule has 8 nitrogen and oxygen atoms in total. The number of rotatable bonds is 12. The van der Waals surface area contributed by atoms with Crippen molar-refractivity contribution in [3.05, 3.63) is 47.6 Å². The molecule has 1 atom stereocenters. The third-order valence-electron chi connectivity index (χ3n) is 7.01. The number of benzene rings is 1. The highest BCUT2D eigenvalue weighted by atomic mass is 16.5. The third-order valence-corrected chi connectivity index (χ3v) is 7.01. The van der Waals surface area contributed by atoms with E-state index < -0.39 is 5.54 Å². The maximum absolute atomic E-state index is 12.7. The summed E-state index contributed by atoms with van der Waals surface area (Å²) in [4.78, 5) is 31.5. The van der Waals surface area contributed by atoms with E-state index in [4.69, 9.17) is 4.52 Å². The van der Waals surface area contributed by atoms with Crippen molar-refractivity contribution >= 4 is 11.8 Å². The predicted molar refractivity (Wildman–Crippen MR) is 136 cm³/mol. The average Bonchev–Trinajstić information content (AvgIpc) is 3.22. The minimum absolute atomic E-state index is 0.0268. The molecule has 1 aliphatic carbocycles. The monoisotopic (exact) mass is 483 g/mol. The van der Waals surface area contributed by atoms with Gasteiger partial charge in [0, 0.05) is 32.4 Å². The van der Waals surface area contributed by atoms with E-state index in [-0.39, 0.29) is 24.3 Å². The Morgan fingerprint density at radius 3 is 2.40 bits per heavy atom. The van der Waals surface area contributed by atoms with E-state index in [2.05, 4.69) is 63.8 Å². The number of nitrogens with one attached hydrogen (secondary N) is 2. The fourth-order valence-corrected chi connectivity index (χ4v) is 5.12. The van der Waals surface area contributed by atoms with Gasteiger partial charge in [0.15, 0.2) is 5.82 Å². The van der Waals surface area contributed by atoms with Crippen LogP contribution in [0.25, 0.3) is 0 Å². The van der Waals surface area contributed by atoms with Gasteiger partial charge in [0.1, 0.15) is 5.54 Å². The van der Waals surface area contributed by atoms with Gasteiger partial charge < -0.3 is 15.2 Å². The molecule has 2 N–H and O–H groups in total. The molecule has 3 rings (SSSR count). The molecular formula is C27H41N5O3. The maximum Gasteiger partial charge on any atom is 0.227 e. The van der Waals surface area contributed by atoms with Gasteiger partial charge in [-0.3, -0.25) is 14.5 Å². The van der Waals surface area contributed by atoms with Gasteiger partial charge in [0.05, 0.1) is 0 Å². The molecule has 1 aromatic carbocycles. The van der Waals surface area contributed by atoms with E-state index in [1.165, 1.54) is 12.5 Å². The summed E-state index contributed by atoms with van der Waals surface area (Å²) < 4.78 is 5.49. The molecule has 8 heteroatoms. The molecule has 1 unspecified atom stereocenters. The largest absolute Gasteiger partial charge is 0.355 e. The first-order valence-corrected chi connectivity index (χ1v) is 13.1. The van der Waals surface area contributed by atoms with Crippen LogP contribution in [0.2, 0.25) is 0 Å². The van der Waals surface area contributed by atoms with Crippen LogP contribution in [0, 0.1) is 0 Å². The normalized spacial score (nSPS) is 16.5. The summed E-state index contributed by atoms with van der Waals surface area (Å²) in [6, 6.07) is 10.6. The summed E-state index contributed by atoms with van der Waals surface area (Å²) >= 11 is 0. The second-order valence-corrected chi connectivity index (χ2v) is 9.56. The summed E-state index contributed by atoms with van der Waals surface area (Å²) in [7, 11) is 0. The Labute approximate surface area is 209 Å². The number of nitrogens with zero attached hydrogens (tertiary/aromatic N) is 3. The fourth-order valence-electron chi connectivity index (χ4n) is 5.12. The molecule has 2 amide bonds. The van der Waals surface area contributed by atoms with Gasteiger partial charge in [-0.2, -0.15) is 4.98 Å². The van der Waals surface area contributed by atoms with Crippen molar-refractivity contribution in [3.63, 3.8) is 0 Å². The van der Waals surface area contributed by atoms with Gasteiger partial charge in [0.25, 0.3) is 0 Å². The SMILES string of the molecule is CCN(CC)C(CNC(=O)CCc1nc(C2(NC(C)=O)CCCCCC2)no1)Cc1ccccc1. The van der Waals surface area contributed by atoms with Crippen molar-refractivity contribution in [3.8, 4) is 0 Å². The van der Waals surface area contributed by atoms with Crippen molar-refractivity contribution in [1.29, 1.82) is 0 Å². The predicted octanol–water partition coefficient (Wildman–Crippen LogP) is 3.76. The van der Waals surface area contributed by atoms with E-state index in [9.17, 15) is 9.59 Å². The Morgan fingerprint density at radius 2 is 1.77 bits per heavy atom. The van der Waals surface area contributed by atoms with Crippen LogP contribution in [0.5, 0.6) is 0 Å². The number of hydrogen-bond donors (Lipinski definition) is 2. The Bertz CT molecular complexity index is 918. The highest BCUT2D eigenvalue weighted by Crippen LogP contribution is 2.34. The van der Waals surface area contributed by atoms with Crippen LogP contribution in [-0.2, 0) is 28.0 Å². The lowest BCUT2D eigenvalue weighted by Gasteiger charge is -2.30. The van der Waals surface area contributed by atoms with Crippen LogP contribution in [0.3, 0.4) is 0 Å². The second-order valence-electron chi connectivity index (χ2n) is 9.56. The molecule has 1 heterocycles. The first-order valence-electron chi connectivity index (χ1n) is 13.1. The number of hydrogen-bond acceptors (Lipinski definition) is 6. The lowest BCUT2D eigenvalue weighted by atomic mass is 9.89. The molecule has 0 saturated heterocycles. The van der Waals surface area contributed by atoms with E-state index in [0.717, 1.165) is 58.0 Å². The van der Waals surface area contributed by atoms with Crippen LogP contribution in [-0.4, -0.2) is 52.5 Å². The first-order chi connectivity index (χ1) is 17.0. The summed E-state index contributed by atoms with van der Waals surface area (Å²) in [6.07, 6.45) is 7.48. The van der Waals surface area contributed by atoms with Crippen LogP contribution in [0.1, 0.15) is 83.0 Å². The van der Waals surface area contributed by atoms with Crippen LogP contribution < -0.4 is 10.6 Å². The molecule has 0 aliphatic heterocycles. The van der Waals surface area contributed by atoms with Crippen molar-refractivity contribution in [2.75, 3.05) is 19.6 Å². The molecule has 2 aromatic rings. The van der Waals surface area contributed by atoms with Gasteiger partial charge in [-0.25, -0.2) is 0 Å². The summed E-state index contributed by atoms with van der Waals surface area (Å²) in [6.45, 7) is 8.30. The van der Waals surface area contributed by atoms with Gasteiger partial charge in [0.2, 0.25) is 17.7 Å². The second kappa shape index (κ2) is 13.4. The van der Waals surface area contributed by atoms with E-state index >= 15 is 0 Å². The van der Waals surface area contributed by atoms with Crippen LogP contribution >= 0.6 is 0 Å². The molecular weight excluding hydrogens is 442 g/mol. The standard InChI is InChI=1S/C27H41N5O3/c1-4-32(5-2)23(19-22-13-9-8-10-14-22)20-28-24(34)15-16-25-29-26(31-35-25)27(30-21(3)33)17-11-6-7-12-18-27/h8-10,13-14,23H,4-7,11-12,15-20H2,1-3H3,(H,28,34)(H,30,33). The molecule has 1 aliphatic rings. The number of likely N-dealkylation sites (N-methyl/N-ethyl adjacent to an activating group) is 1. The minimum atomic E-state index is -0.569. The lowest BCUT2D eigenvalue weighted by Crippen LogP contribution is -2.45. The molecule has 35 heavy (non-hydrogen) atoms. The summed E-state index contributed by atoms with van der Waals surface area (Å²) in [5, 5.41) is 10.4. The molecule has 192 valence electrons. The number of amides is 2. The number of carbonyl (C=O) groups is 2. The van der Waals surface area contributed by atoms with Crippen molar-refractivity contribution in [2.45, 2.75) is 90.1 Å². The Kier molecular flexibility index (Phi) is 10.3. The van der Waals surface area contributed by atoms with Crippen molar-refractivity contribution in [2.24, 2.45) is 0 Å². The van der Waals surface area contributed by atoms with Gasteiger partial charge >= 0.3 is 0 Å². The molecule has 0 radical (unpaired) electrons. The summed E-state index contributed by atoms with van der Waals surface area (Å²) in [5.74, 6) is 0.861. The molecule has 0 spiro atoms. The van der Waals surface area contributed by atoms with Crippen LogP contribution in [0.15, 0.2) is 34.9 Å². The van der Waals surface area contributed by atoms with Gasteiger partial charge in [-0.1, -0.05) is 75.0 Å². The van der Waals surface area contributed by atoms with E-state index in [0.29, 0.717) is 24.7 Å². The Balaban J connectivity index is 1.56. The maximum atomic E-state index is 12.7. The summed E-state index contributed by atoms with van der Waals surface area (Å²) in [5.41, 5.74) is 0.699.